The maximum absolute atomic E-state index is 13.6. The number of rotatable bonds is 6. The molecule has 32 heavy (non-hydrogen) atoms. The summed E-state index contributed by atoms with van der Waals surface area (Å²) in [7, 11) is 3.13. The summed E-state index contributed by atoms with van der Waals surface area (Å²) in [6.45, 7) is 1.33. The number of aromatic nitrogens is 2. The summed E-state index contributed by atoms with van der Waals surface area (Å²) in [5.41, 5.74) is 1.27. The Bertz CT molecular complexity index is 1110. The van der Waals surface area contributed by atoms with Gasteiger partial charge in [-0.05, 0) is 43.2 Å². The van der Waals surface area contributed by atoms with E-state index in [0.29, 0.717) is 35.1 Å². The van der Waals surface area contributed by atoms with E-state index in [1.165, 1.54) is 12.1 Å². The molecule has 1 aliphatic rings. The standard InChI is InChI=1S/C24H25FN4O3/c1-31-20-9-8-19(14-21(20)32-2)27-24(30)17-6-4-12-29(15-17)22-10-11-26-23(28-22)16-5-3-7-18(25)13-16/h3,5,7-11,13-14,17H,4,6,12,15H2,1-2H3,(H,27,30)/t17-/m1/s1. The van der Waals surface area contributed by atoms with Crippen LogP contribution in [0, 0.1) is 11.7 Å². The van der Waals surface area contributed by atoms with Gasteiger partial charge in [0.05, 0.1) is 20.1 Å². The van der Waals surface area contributed by atoms with Crippen LogP contribution in [-0.4, -0.2) is 43.2 Å². The number of carbonyl (C=O) groups is 1. The van der Waals surface area contributed by atoms with Gasteiger partial charge in [0.1, 0.15) is 11.6 Å². The molecule has 2 heterocycles. The van der Waals surface area contributed by atoms with Crippen LogP contribution in [0.15, 0.2) is 54.7 Å². The van der Waals surface area contributed by atoms with Gasteiger partial charge in [0.25, 0.3) is 0 Å². The molecule has 1 aliphatic heterocycles. The Morgan fingerprint density at radius 3 is 2.75 bits per heavy atom. The highest BCUT2D eigenvalue weighted by atomic mass is 19.1. The Labute approximate surface area is 186 Å². The average molecular weight is 436 g/mol. The summed E-state index contributed by atoms with van der Waals surface area (Å²) in [6, 6.07) is 13.3. The number of halogens is 1. The largest absolute Gasteiger partial charge is 0.493 e. The predicted octanol–water partition coefficient (Wildman–Crippen LogP) is 4.16. The van der Waals surface area contributed by atoms with Gasteiger partial charge in [0.2, 0.25) is 5.91 Å². The number of hydrogen-bond donors (Lipinski definition) is 1. The summed E-state index contributed by atoms with van der Waals surface area (Å²) in [6.07, 6.45) is 3.32. The lowest BCUT2D eigenvalue weighted by molar-refractivity contribution is -0.120. The van der Waals surface area contributed by atoms with E-state index in [-0.39, 0.29) is 17.6 Å². The number of benzene rings is 2. The minimum atomic E-state index is -0.332. The van der Waals surface area contributed by atoms with Gasteiger partial charge in [-0.25, -0.2) is 14.4 Å². The average Bonchev–Trinajstić information content (AvgIpc) is 2.84. The normalized spacial score (nSPS) is 15.8. The van der Waals surface area contributed by atoms with Crippen LogP contribution in [0.1, 0.15) is 12.8 Å². The van der Waals surface area contributed by atoms with Crippen LogP contribution in [0.25, 0.3) is 11.4 Å². The molecule has 0 saturated carbocycles. The first-order valence-electron chi connectivity index (χ1n) is 10.4. The van der Waals surface area contributed by atoms with E-state index in [2.05, 4.69) is 20.2 Å². The third-order valence-electron chi connectivity index (χ3n) is 5.49. The fourth-order valence-corrected chi connectivity index (χ4v) is 3.85. The van der Waals surface area contributed by atoms with Crippen molar-refractivity contribution in [3.8, 4) is 22.9 Å². The van der Waals surface area contributed by atoms with Gasteiger partial charge < -0.3 is 19.7 Å². The van der Waals surface area contributed by atoms with Crippen LogP contribution >= 0.6 is 0 Å². The molecule has 0 spiro atoms. The van der Waals surface area contributed by atoms with E-state index < -0.39 is 0 Å². The van der Waals surface area contributed by atoms with Crippen LogP contribution in [0.4, 0.5) is 15.9 Å². The summed E-state index contributed by atoms with van der Waals surface area (Å²) < 4.78 is 24.1. The van der Waals surface area contributed by atoms with Crippen LogP contribution in [0.3, 0.4) is 0 Å². The van der Waals surface area contributed by atoms with Crippen LogP contribution in [0.2, 0.25) is 0 Å². The number of piperidine rings is 1. The van der Waals surface area contributed by atoms with Gasteiger partial charge in [-0.15, -0.1) is 0 Å². The molecule has 0 aliphatic carbocycles. The van der Waals surface area contributed by atoms with Gasteiger partial charge in [0, 0.05) is 36.6 Å². The summed E-state index contributed by atoms with van der Waals surface area (Å²) in [4.78, 5) is 23.9. The molecular formula is C24H25FN4O3. The molecule has 1 fully saturated rings. The second-order valence-corrected chi connectivity index (χ2v) is 7.59. The van der Waals surface area contributed by atoms with Crippen molar-refractivity contribution < 1.29 is 18.7 Å². The summed E-state index contributed by atoms with van der Waals surface area (Å²) in [5.74, 6) is 1.77. The van der Waals surface area contributed by atoms with Crippen LogP contribution in [-0.2, 0) is 4.79 Å². The van der Waals surface area contributed by atoms with Gasteiger partial charge in [-0.1, -0.05) is 12.1 Å². The number of anilines is 2. The van der Waals surface area contributed by atoms with Crippen LogP contribution < -0.4 is 19.7 Å². The van der Waals surface area contributed by atoms with Crippen molar-refractivity contribution in [2.24, 2.45) is 5.92 Å². The Morgan fingerprint density at radius 1 is 1.12 bits per heavy atom. The number of nitrogens with zero attached hydrogens (tertiary/aromatic N) is 3. The molecule has 1 aromatic heterocycles. The minimum Gasteiger partial charge on any atom is -0.493 e. The molecule has 1 atom stereocenters. The first-order chi connectivity index (χ1) is 15.6. The third-order valence-corrected chi connectivity index (χ3v) is 5.49. The van der Waals surface area contributed by atoms with Crippen molar-refractivity contribution in [1.29, 1.82) is 0 Å². The number of ether oxygens (including phenoxy) is 2. The highest BCUT2D eigenvalue weighted by molar-refractivity contribution is 5.93. The Morgan fingerprint density at radius 2 is 1.97 bits per heavy atom. The SMILES string of the molecule is COc1ccc(NC(=O)[C@@H]2CCCN(c3ccnc(-c4cccc(F)c4)n3)C2)cc1OC. The Balaban J connectivity index is 1.47. The van der Waals surface area contributed by atoms with E-state index in [4.69, 9.17) is 9.47 Å². The lowest BCUT2D eigenvalue weighted by Gasteiger charge is -2.33. The predicted molar refractivity (Wildman–Crippen MR) is 121 cm³/mol. The highest BCUT2D eigenvalue weighted by Gasteiger charge is 2.27. The number of nitrogens with one attached hydrogen (secondary N) is 1. The molecule has 8 heteroatoms. The van der Waals surface area contributed by atoms with Gasteiger partial charge >= 0.3 is 0 Å². The molecule has 3 aromatic rings. The molecule has 4 rings (SSSR count). The first kappa shape index (κ1) is 21.5. The topological polar surface area (TPSA) is 76.6 Å². The van der Waals surface area contributed by atoms with Crippen LogP contribution in [0.5, 0.6) is 11.5 Å². The molecule has 0 unspecified atom stereocenters. The number of carbonyl (C=O) groups excluding carboxylic acids is 1. The quantitative estimate of drug-likeness (QED) is 0.626. The molecule has 1 saturated heterocycles. The minimum absolute atomic E-state index is 0.0543. The molecule has 1 N–H and O–H groups in total. The lowest BCUT2D eigenvalue weighted by atomic mass is 9.97. The molecule has 0 bridgehead atoms. The number of methoxy groups -OCH3 is 2. The van der Waals surface area contributed by atoms with E-state index >= 15 is 0 Å². The number of hydrogen-bond acceptors (Lipinski definition) is 6. The number of amides is 1. The van der Waals surface area contributed by atoms with Gasteiger partial charge in [0.15, 0.2) is 17.3 Å². The van der Waals surface area contributed by atoms with Gasteiger partial charge in [-0.3, -0.25) is 4.79 Å². The molecule has 0 radical (unpaired) electrons. The molecule has 1 amide bonds. The summed E-state index contributed by atoms with van der Waals surface area (Å²) in [5, 5.41) is 2.98. The Hall–Kier alpha value is -3.68. The zero-order valence-electron chi connectivity index (χ0n) is 18.0. The smallest absolute Gasteiger partial charge is 0.229 e. The fourth-order valence-electron chi connectivity index (χ4n) is 3.85. The van der Waals surface area contributed by atoms with E-state index in [9.17, 15) is 9.18 Å². The summed E-state index contributed by atoms with van der Waals surface area (Å²) >= 11 is 0. The van der Waals surface area contributed by atoms with Crippen molar-refractivity contribution in [3.63, 3.8) is 0 Å². The van der Waals surface area contributed by atoms with Gasteiger partial charge in [-0.2, -0.15) is 0 Å². The zero-order chi connectivity index (χ0) is 22.5. The van der Waals surface area contributed by atoms with Crippen molar-refractivity contribution in [2.45, 2.75) is 12.8 Å². The van der Waals surface area contributed by atoms with Crippen molar-refractivity contribution in [2.75, 3.05) is 37.5 Å². The lowest BCUT2D eigenvalue weighted by Crippen LogP contribution is -2.41. The third kappa shape index (κ3) is 4.80. The first-order valence-corrected chi connectivity index (χ1v) is 10.4. The molecule has 7 nitrogen and oxygen atoms in total. The van der Waals surface area contributed by atoms with E-state index in [0.717, 1.165) is 25.2 Å². The van der Waals surface area contributed by atoms with Crippen molar-refractivity contribution in [1.82, 2.24) is 9.97 Å². The van der Waals surface area contributed by atoms with E-state index in [1.807, 2.05) is 6.07 Å². The maximum atomic E-state index is 13.6. The van der Waals surface area contributed by atoms with Crippen molar-refractivity contribution >= 4 is 17.4 Å². The molecule has 2 aromatic carbocycles. The Kier molecular flexibility index (Phi) is 6.49. The second-order valence-electron chi connectivity index (χ2n) is 7.59. The maximum Gasteiger partial charge on any atom is 0.229 e. The monoisotopic (exact) mass is 436 g/mol. The molecular weight excluding hydrogens is 411 g/mol. The fraction of sp³-hybridized carbons (Fsp3) is 0.292. The second kappa shape index (κ2) is 9.64. The molecule has 166 valence electrons. The van der Waals surface area contributed by atoms with Crippen molar-refractivity contribution in [3.05, 3.63) is 60.5 Å². The van der Waals surface area contributed by atoms with E-state index in [1.54, 1.807) is 50.7 Å². The zero-order valence-corrected chi connectivity index (χ0v) is 18.0. The highest BCUT2D eigenvalue weighted by Crippen LogP contribution is 2.30.